The molecule has 90 valence electrons. The second kappa shape index (κ2) is 4.43. The molecular weight excluding hydrogens is 238 g/mol. The smallest absolute Gasteiger partial charge is 0.212 e. The van der Waals surface area contributed by atoms with Gasteiger partial charge in [0.25, 0.3) is 0 Å². The molecule has 0 radical (unpaired) electrons. The van der Waals surface area contributed by atoms with Gasteiger partial charge in [-0.1, -0.05) is 42.5 Å². The third kappa shape index (κ3) is 2.45. The number of ketones is 1. The van der Waals surface area contributed by atoms with Crippen LogP contribution in [-0.2, 0) is 10.0 Å². The highest BCUT2D eigenvalue weighted by Gasteiger charge is 2.33. The summed E-state index contributed by atoms with van der Waals surface area (Å²) >= 11 is 0. The number of nitrogens with zero attached hydrogens (tertiary/aromatic N) is 1. The van der Waals surface area contributed by atoms with Gasteiger partial charge in [-0.05, 0) is 0 Å². The molecule has 0 fully saturated rings. The number of rotatable bonds is 3. The zero-order valence-corrected chi connectivity index (χ0v) is 10.2. The summed E-state index contributed by atoms with van der Waals surface area (Å²) in [4.78, 5) is 12.1. The zero-order valence-electron chi connectivity index (χ0n) is 9.41. The van der Waals surface area contributed by atoms with Gasteiger partial charge in [0.05, 0.1) is 6.26 Å². The van der Waals surface area contributed by atoms with Crippen molar-refractivity contribution in [2.24, 2.45) is 0 Å². The molecule has 1 heterocycles. The molecule has 17 heavy (non-hydrogen) atoms. The van der Waals surface area contributed by atoms with Crippen molar-refractivity contribution in [1.29, 1.82) is 0 Å². The average Bonchev–Trinajstić information content (AvgIpc) is 2.78. The van der Waals surface area contributed by atoms with E-state index in [4.69, 9.17) is 0 Å². The summed E-state index contributed by atoms with van der Waals surface area (Å²) in [5.41, 5.74) is 0.526. The molecule has 1 unspecified atom stereocenters. The highest BCUT2D eigenvalue weighted by atomic mass is 32.2. The summed E-state index contributed by atoms with van der Waals surface area (Å²) in [7, 11) is -3.35. The Morgan fingerprint density at radius 2 is 1.94 bits per heavy atom. The van der Waals surface area contributed by atoms with Crippen molar-refractivity contribution in [3.8, 4) is 0 Å². The number of hydrogen-bond acceptors (Lipinski definition) is 3. The molecule has 0 saturated carbocycles. The van der Waals surface area contributed by atoms with E-state index in [1.54, 1.807) is 36.4 Å². The van der Waals surface area contributed by atoms with E-state index in [9.17, 15) is 13.2 Å². The molecule has 1 aromatic carbocycles. The summed E-state index contributed by atoms with van der Waals surface area (Å²) in [6.07, 6.45) is 4.45. The van der Waals surface area contributed by atoms with Crippen molar-refractivity contribution in [3.63, 3.8) is 0 Å². The maximum atomic E-state index is 12.1. The van der Waals surface area contributed by atoms with Crippen molar-refractivity contribution in [2.75, 3.05) is 12.8 Å². The molecule has 0 saturated heterocycles. The Morgan fingerprint density at radius 1 is 1.29 bits per heavy atom. The van der Waals surface area contributed by atoms with Crippen LogP contribution in [0.25, 0.3) is 0 Å². The van der Waals surface area contributed by atoms with E-state index in [0.717, 1.165) is 6.26 Å². The monoisotopic (exact) mass is 251 g/mol. The van der Waals surface area contributed by atoms with Crippen LogP contribution in [0, 0.1) is 0 Å². The average molecular weight is 251 g/mol. The second-order valence-electron chi connectivity index (χ2n) is 3.94. The Hall–Kier alpha value is -1.46. The van der Waals surface area contributed by atoms with Crippen LogP contribution in [0.15, 0.2) is 42.5 Å². The van der Waals surface area contributed by atoms with Gasteiger partial charge in [0.2, 0.25) is 10.0 Å². The molecule has 4 nitrogen and oxygen atoms in total. The lowest BCUT2D eigenvalue weighted by molar-refractivity contribution is 0.0937. The van der Waals surface area contributed by atoms with Gasteiger partial charge in [-0.2, -0.15) is 4.31 Å². The molecule has 1 aliphatic heterocycles. The summed E-state index contributed by atoms with van der Waals surface area (Å²) < 4.78 is 24.2. The summed E-state index contributed by atoms with van der Waals surface area (Å²) in [5.74, 6) is -0.190. The number of benzene rings is 1. The Morgan fingerprint density at radius 3 is 2.53 bits per heavy atom. The highest BCUT2D eigenvalue weighted by Crippen LogP contribution is 2.18. The SMILES string of the molecule is CS(=O)(=O)N1CC=CC1C(=O)c1ccccc1. The van der Waals surface area contributed by atoms with E-state index < -0.39 is 16.1 Å². The molecule has 5 heteroatoms. The van der Waals surface area contributed by atoms with Crippen LogP contribution < -0.4 is 0 Å². The second-order valence-corrected chi connectivity index (χ2v) is 5.87. The van der Waals surface area contributed by atoms with Gasteiger partial charge in [-0.15, -0.1) is 0 Å². The van der Waals surface area contributed by atoms with Crippen molar-refractivity contribution in [1.82, 2.24) is 4.31 Å². The van der Waals surface area contributed by atoms with Crippen molar-refractivity contribution in [2.45, 2.75) is 6.04 Å². The van der Waals surface area contributed by atoms with Crippen LogP contribution in [0.1, 0.15) is 10.4 Å². The molecule has 1 atom stereocenters. The first-order chi connectivity index (χ1) is 8.00. The first kappa shape index (κ1) is 12.0. The third-order valence-electron chi connectivity index (χ3n) is 2.67. The zero-order chi connectivity index (χ0) is 12.5. The van der Waals surface area contributed by atoms with Crippen LogP contribution in [0.3, 0.4) is 0 Å². The third-order valence-corrected chi connectivity index (χ3v) is 3.90. The summed E-state index contributed by atoms with van der Waals surface area (Å²) in [5, 5.41) is 0. The van der Waals surface area contributed by atoms with Gasteiger partial charge in [-0.3, -0.25) is 4.79 Å². The van der Waals surface area contributed by atoms with Crippen LogP contribution in [0.5, 0.6) is 0 Å². The molecule has 0 amide bonds. The lowest BCUT2D eigenvalue weighted by Crippen LogP contribution is -2.40. The largest absolute Gasteiger partial charge is 0.292 e. The molecule has 1 aliphatic rings. The van der Waals surface area contributed by atoms with Gasteiger partial charge in [-0.25, -0.2) is 8.42 Å². The fourth-order valence-corrected chi connectivity index (χ4v) is 2.77. The molecular formula is C12H13NO3S. The number of carbonyl (C=O) groups is 1. The van der Waals surface area contributed by atoms with Gasteiger partial charge >= 0.3 is 0 Å². The molecule has 1 aromatic rings. The van der Waals surface area contributed by atoms with Crippen molar-refractivity contribution in [3.05, 3.63) is 48.0 Å². The van der Waals surface area contributed by atoms with E-state index in [-0.39, 0.29) is 12.3 Å². The lowest BCUT2D eigenvalue weighted by atomic mass is 10.1. The van der Waals surface area contributed by atoms with Gasteiger partial charge < -0.3 is 0 Å². The highest BCUT2D eigenvalue weighted by molar-refractivity contribution is 7.88. The van der Waals surface area contributed by atoms with Crippen molar-refractivity contribution < 1.29 is 13.2 Å². The number of carbonyl (C=O) groups excluding carboxylic acids is 1. The number of sulfonamides is 1. The standard InChI is InChI=1S/C12H13NO3S/c1-17(15,16)13-9-5-8-11(13)12(14)10-6-3-2-4-7-10/h2-8,11H,9H2,1H3. The molecule has 0 bridgehead atoms. The fourth-order valence-electron chi connectivity index (χ4n) is 1.84. The Kier molecular flexibility index (Phi) is 3.13. The van der Waals surface area contributed by atoms with Crippen LogP contribution in [-0.4, -0.2) is 37.3 Å². The predicted molar refractivity (Wildman–Crippen MR) is 65.3 cm³/mol. The maximum Gasteiger partial charge on any atom is 0.212 e. The Labute approximate surface area is 101 Å². The van der Waals surface area contributed by atoms with E-state index in [1.165, 1.54) is 4.31 Å². The Bertz CT molecular complexity index is 548. The van der Waals surface area contributed by atoms with Crippen molar-refractivity contribution >= 4 is 15.8 Å². The lowest BCUT2D eigenvalue weighted by Gasteiger charge is -2.20. The van der Waals surface area contributed by atoms with Crippen LogP contribution in [0.2, 0.25) is 0 Å². The summed E-state index contributed by atoms with van der Waals surface area (Å²) in [6, 6.07) is 8.01. The van der Waals surface area contributed by atoms with E-state index in [0.29, 0.717) is 5.56 Å². The molecule has 0 aromatic heterocycles. The first-order valence-electron chi connectivity index (χ1n) is 5.23. The number of hydrogen-bond donors (Lipinski definition) is 0. The van der Waals surface area contributed by atoms with E-state index in [1.807, 2.05) is 6.07 Å². The predicted octanol–water partition coefficient (Wildman–Crippen LogP) is 1.07. The fraction of sp³-hybridized carbons (Fsp3) is 0.250. The normalized spacial score (nSPS) is 20.6. The van der Waals surface area contributed by atoms with Gasteiger partial charge in [0.1, 0.15) is 6.04 Å². The molecule has 0 aliphatic carbocycles. The quantitative estimate of drug-likeness (QED) is 0.596. The molecule has 0 spiro atoms. The minimum atomic E-state index is -3.35. The first-order valence-corrected chi connectivity index (χ1v) is 7.08. The topological polar surface area (TPSA) is 54.5 Å². The maximum absolute atomic E-state index is 12.1. The van der Waals surface area contributed by atoms with Crippen LogP contribution in [0.4, 0.5) is 0 Å². The van der Waals surface area contributed by atoms with E-state index in [2.05, 4.69) is 0 Å². The van der Waals surface area contributed by atoms with E-state index >= 15 is 0 Å². The molecule has 0 N–H and O–H groups in total. The number of Topliss-reactive ketones (excluding diaryl/α,β-unsaturated/α-hetero) is 1. The minimum absolute atomic E-state index is 0.190. The summed E-state index contributed by atoms with van der Waals surface area (Å²) in [6.45, 7) is 0.266. The van der Waals surface area contributed by atoms with Gasteiger partial charge in [0, 0.05) is 12.1 Å². The Balaban J connectivity index is 2.29. The minimum Gasteiger partial charge on any atom is -0.292 e. The molecule has 2 rings (SSSR count). The van der Waals surface area contributed by atoms with Gasteiger partial charge in [0.15, 0.2) is 5.78 Å². The van der Waals surface area contributed by atoms with Crippen LogP contribution >= 0.6 is 0 Å².